The minimum atomic E-state index is -0.973. The zero-order chi connectivity index (χ0) is 11.3. The van der Waals surface area contributed by atoms with Crippen molar-refractivity contribution < 1.29 is 14.7 Å². The Labute approximate surface area is 87.1 Å². The average Bonchev–Trinajstić information content (AvgIpc) is 2.17. The zero-order valence-electron chi connectivity index (χ0n) is 8.30. The molecule has 0 radical (unpaired) electrons. The minimum Gasteiger partial charge on any atom is -0.481 e. The maximum atomic E-state index is 10.9. The van der Waals surface area contributed by atoms with E-state index in [4.69, 9.17) is 5.11 Å². The number of carboxylic acids is 1. The van der Waals surface area contributed by atoms with Crippen LogP contribution >= 0.6 is 0 Å². The second-order valence-electron chi connectivity index (χ2n) is 3.11. The third-order valence-electron chi connectivity index (χ3n) is 1.80. The molecule has 0 aliphatic carbocycles. The fourth-order valence-electron chi connectivity index (χ4n) is 1.23. The third kappa shape index (κ3) is 3.76. The first-order valence-corrected chi connectivity index (χ1v) is 4.49. The van der Waals surface area contributed by atoms with Gasteiger partial charge >= 0.3 is 5.97 Å². The molecule has 80 valence electrons. The molecule has 1 rings (SSSR count). The van der Waals surface area contributed by atoms with Crippen molar-refractivity contribution in [1.29, 1.82) is 0 Å². The molecule has 0 fully saturated rings. The van der Waals surface area contributed by atoms with Crippen LogP contribution in [0.4, 0.5) is 0 Å². The Bertz CT molecular complexity index is 335. The Kier molecular flexibility index (Phi) is 3.79. The molecular formula is C10H12N2O3. The van der Waals surface area contributed by atoms with Gasteiger partial charge in [0.2, 0.25) is 5.91 Å². The Balaban J connectivity index is 2.81. The van der Waals surface area contributed by atoms with Gasteiger partial charge in [0.25, 0.3) is 0 Å². The molecule has 1 atom stereocenters. The van der Waals surface area contributed by atoms with Crippen LogP contribution in [0.1, 0.15) is 25.1 Å². The Morgan fingerprint density at radius 3 is 2.73 bits per heavy atom. The minimum absolute atomic E-state index is 0.170. The molecule has 1 amide bonds. The van der Waals surface area contributed by atoms with E-state index in [1.165, 1.54) is 6.92 Å². The first-order valence-electron chi connectivity index (χ1n) is 4.49. The first kappa shape index (κ1) is 11.2. The summed E-state index contributed by atoms with van der Waals surface area (Å²) in [5, 5.41) is 11.2. The fourth-order valence-corrected chi connectivity index (χ4v) is 1.23. The van der Waals surface area contributed by atoms with Crippen LogP contribution in [0.5, 0.6) is 0 Å². The number of aromatic nitrogens is 1. The predicted octanol–water partition coefficient (Wildman–Crippen LogP) is 0.734. The number of aliphatic carboxylic acids is 1. The maximum absolute atomic E-state index is 10.9. The smallest absolute Gasteiger partial charge is 0.305 e. The fraction of sp³-hybridized carbons (Fsp3) is 0.300. The molecule has 0 unspecified atom stereocenters. The molecule has 0 aliphatic heterocycles. The van der Waals surface area contributed by atoms with Gasteiger partial charge in [0, 0.05) is 13.1 Å². The number of carbonyl (C=O) groups excluding carboxylic acids is 1. The number of carboxylic acid groups (broad SMARTS) is 1. The number of hydrogen-bond donors (Lipinski definition) is 2. The SMILES string of the molecule is CC(=O)N[C@@H](CC(=O)O)c1ccccn1. The molecule has 0 saturated carbocycles. The molecule has 0 bridgehead atoms. The van der Waals surface area contributed by atoms with Crippen LogP contribution in [0.2, 0.25) is 0 Å². The highest BCUT2D eigenvalue weighted by molar-refractivity contribution is 5.75. The molecule has 1 aromatic rings. The number of rotatable bonds is 4. The van der Waals surface area contributed by atoms with Crippen molar-refractivity contribution in [3.63, 3.8) is 0 Å². The largest absolute Gasteiger partial charge is 0.481 e. The molecule has 0 saturated heterocycles. The highest BCUT2D eigenvalue weighted by Gasteiger charge is 2.17. The number of pyridine rings is 1. The molecular weight excluding hydrogens is 196 g/mol. The summed E-state index contributed by atoms with van der Waals surface area (Å²) in [6, 6.07) is 4.60. The quantitative estimate of drug-likeness (QED) is 0.764. The van der Waals surface area contributed by atoms with Gasteiger partial charge in [0.05, 0.1) is 18.2 Å². The van der Waals surface area contributed by atoms with Crippen LogP contribution in [-0.2, 0) is 9.59 Å². The number of nitrogens with one attached hydrogen (secondary N) is 1. The van der Waals surface area contributed by atoms with E-state index in [2.05, 4.69) is 10.3 Å². The standard InChI is InChI=1S/C10H12N2O3/c1-7(13)12-9(6-10(14)15)8-4-2-3-5-11-8/h2-5,9H,6H2,1H3,(H,12,13)(H,14,15)/t9-/m0/s1. The lowest BCUT2D eigenvalue weighted by Gasteiger charge is -2.14. The van der Waals surface area contributed by atoms with Crippen molar-refractivity contribution in [3.05, 3.63) is 30.1 Å². The van der Waals surface area contributed by atoms with Gasteiger partial charge in [-0.25, -0.2) is 0 Å². The maximum Gasteiger partial charge on any atom is 0.305 e. The van der Waals surface area contributed by atoms with E-state index in [0.717, 1.165) is 0 Å². The van der Waals surface area contributed by atoms with E-state index in [-0.39, 0.29) is 12.3 Å². The summed E-state index contributed by atoms with van der Waals surface area (Å²) in [4.78, 5) is 25.5. The lowest BCUT2D eigenvalue weighted by Crippen LogP contribution is -2.28. The van der Waals surface area contributed by atoms with Gasteiger partial charge in [-0.15, -0.1) is 0 Å². The van der Waals surface area contributed by atoms with Crippen LogP contribution < -0.4 is 5.32 Å². The molecule has 1 heterocycles. The predicted molar refractivity (Wildman–Crippen MR) is 53.0 cm³/mol. The molecule has 0 aromatic carbocycles. The van der Waals surface area contributed by atoms with Gasteiger partial charge in [-0.2, -0.15) is 0 Å². The van der Waals surface area contributed by atoms with Crippen molar-refractivity contribution in [2.24, 2.45) is 0 Å². The Hall–Kier alpha value is -1.91. The van der Waals surface area contributed by atoms with E-state index < -0.39 is 12.0 Å². The lowest BCUT2D eigenvalue weighted by molar-refractivity contribution is -0.137. The van der Waals surface area contributed by atoms with Gasteiger partial charge in [-0.05, 0) is 12.1 Å². The highest BCUT2D eigenvalue weighted by atomic mass is 16.4. The second kappa shape index (κ2) is 5.09. The number of carbonyl (C=O) groups is 2. The van der Waals surface area contributed by atoms with Crippen LogP contribution in [0.15, 0.2) is 24.4 Å². The first-order chi connectivity index (χ1) is 7.09. The van der Waals surface area contributed by atoms with Gasteiger partial charge in [0.15, 0.2) is 0 Å². The Morgan fingerprint density at radius 1 is 1.53 bits per heavy atom. The number of nitrogens with zero attached hydrogens (tertiary/aromatic N) is 1. The van der Waals surface area contributed by atoms with E-state index in [1.807, 2.05) is 0 Å². The zero-order valence-corrected chi connectivity index (χ0v) is 8.30. The van der Waals surface area contributed by atoms with Gasteiger partial charge in [-0.3, -0.25) is 14.6 Å². The van der Waals surface area contributed by atoms with Crippen LogP contribution in [-0.4, -0.2) is 22.0 Å². The van der Waals surface area contributed by atoms with Crippen molar-refractivity contribution in [1.82, 2.24) is 10.3 Å². The summed E-state index contributed by atoms with van der Waals surface area (Å²) in [5.41, 5.74) is 0.551. The normalized spacial score (nSPS) is 11.8. The van der Waals surface area contributed by atoms with E-state index in [0.29, 0.717) is 5.69 Å². The van der Waals surface area contributed by atoms with Crippen molar-refractivity contribution in [3.8, 4) is 0 Å². The molecule has 1 aromatic heterocycles. The monoisotopic (exact) mass is 208 g/mol. The summed E-state index contributed by atoms with van der Waals surface area (Å²) in [7, 11) is 0. The summed E-state index contributed by atoms with van der Waals surface area (Å²) >= 11 is 0. The molecule has 5 heteroatoms. The lowest BCUT2D eigenvalue weighted by atomic mass is 10.1. The Morgan fingerprint density at radius 2 is 2.27 bits per heavy atom. The number of amides is 1. The highest BCUT2D eigenvalue weighted by Crippen LogP contribution is 2.13. The summed E-state index contributed by atoms with van der Waals surface area (Å²) < 4.78 is 0. The molecule has 5 nitrogen and oxygen atoms in total. The van der Waals surface area contributed by atoms with E-state index in [1.54, 1.807) is 24.4 Å². The molecule has 15 heavy (non-hydrogen) atoms. The van der Waals surface area contributed by atoms with Gasteiger partial charge in [-0.1, -0.05) is 6.07 Å². The third-order valence-corrected chi connectivity index (χ3v) is 1.80. The average molecular weight is 208 g/mol. The van der Waals surface area contributed by atoms with Crippen LogP contribution in [0.3, 0.4) is 0 Å². The van der Waals surface area contributed by atoms with Gasteiger partial charge < -0.3 is 10.4 Å². The molecule has 0 aliphatic rings. The van der Waals surface area contributed by atoms with Crippen molar-refractivity contribution >= 4 is 11.9 Å². The van der Waals surface area contributed by atoms with E-state index in [9.17, 15) is 9.59 Å². The molecule has 2 N–H and O–H groups in total. The van der Waals surface area contributed by atoms with Crippen LogP contribution in [0.25, 0.3) is 0 Å². The summed E-state index contributed by atoms with van der Waals surface area (Å²) in [6.45, 7) is 1.35. The summed E-state index contributed by atoms with van der Waals surface area (Å²) in [6.07, 6.45) is 1.39. The molecule has 0 spiro atoms. The number of hydrogen-bond acceptors (Lipinski definition) is 3. The van der Waals surface area contributed by atoms with Crippen LogP contribution in [0, 0.1) is 0 Å². The topological polar surface area (TPSA) is 79.3 Å². The van der Waals surface area contributed by atoms with Crippen molar-refractivity contribution in [2.45, 2.75) is 19.4 Å². The van der Waals surface area contributed by atoms with Crippen molar-refractivity contribution in [2.75, 3.05) is 0 Å². The van der Waals surface area contributed by atoms with Gasteiger partial charge in [0.1, 0.15) is 0 Å². The summed E-state index contributed by atoms with van der Waals surface area (Å²) in [5.74, 6) is -1.24. The second-order valence-corrected chi connectivity index (χ2v) is 3.11. The van der Waals surface area contributed by atoms with E-state index >= 15 is 0 Å².